The van der Waals surface area contributed by atoms with E-state index >= 15 is 0 Å². The minimum absolute atomic E-state index is 0.0184. The lowest BCUT2D eigenvalue weighted by molar-refractivity contribution is -0.140. The number of fused-ring (bicyclic) bond motifs is 2. The van der Waals surface area contributed by atoms with Crippen LogP contribution >= 0.6 is 11.8 Å². The van der Waals surface area contributed by atoms with E-state index in [1.165, 1.54) is 28.9 Å². The van der Waals surface area contributed by atoms with Gasteiger partial charge in [0.05, 0.1) is 6.54 Å². The zero-order valence-corrected chi connectivity index (χ0v) is 28.3. The molecule has 0 radical (unpaired) electrons. The first-order valence-electron chi connectivity index (χ1n) is 16.1. The van der Waals surface area contributed by atoms with E-state index in [-0.39, 0.29) is 18.8 Å². The highest BCUT2D eigenvalue weighted by molar-refractivity contribution is 7.98. The zero-order valence-electron chi connectivity index (χ0n) is 27.4. The fourth-order valence-corrected chi connectivity index (χ4v) is 6.08. The third kappa shape index (κ3) is 10.2. The number of hydrogen-bond donors (Lipinski definition) is 5. The predicted octanol–water partition coefficient (Wildman–Crippen LogP) is 1.06. The van der Waals surface area contributed by atoms with Crippen LogP contribution in [-0.2, 0) is 41.6 Å². The van der Waals surface area contributed by atoms with Crippen molar-refractivity contribution in [2.24, 2.45) is 5.92 Å². The van der Waals surface area contributed by atoms with Gasteiger partial charge >= 0.3 is 0 Å². The smallest absolute Gasteiger partial charge is 0.253 e. The van der Waals surface area contributed by atoms with E-state index in [2.05, 4.69) is 26.6 Å². The maximum absolute atomic E-state index is 13.8. The Morgan fingerprint density at radius 1 is 0.729 bits per heavy atom. The van der Waals surface area contributed by atoms with Crippen molar-refractivity contribution in [3.05, 3.63) is 84.1 Å². The van der Waals surface area contributed by atoms with Crippen LogP contribution in [0.15, 0.2) is 72.9 Å². The van der Waals surface area contributed by atoms with Gasteiger partial charge in [-0.05, 0) is 48.0 Å². The number of hydrogen-bond acceptors (Lipinski definition) is 7. The summed E-state index contributed by atoms with van der Waals surface area (Å²) in [7, 11) is 0. The van der Waals surface area contributed by atoms with Gasteiger partial charge in [-0.25, -0.2) is 0 Å². The summed E-state index contributed by atoms with van der Waals surface area (Å²) in [5.41, 5.74) is 1.54. The Kier molecular flexibility index (Phi) is 13.2. The molecule has 2 heterocycles. The highest BCUT2D eigenvalue weighted by Crippen LogP contribution is 2.20. The molecule has 2 aliphatic rings. The summed E-state index contributed by atoms with van der Waals surface area (Å²) < 4.78 is 0. The molecule has 1 unspecified atom stereocenters. The van der Waals surface area contributed by atoms with Gasteiger partial charge in [0.1, 0.15) is 30.2 Å². The number of amides is 6. The van der Waals surface area contributed by atoms with E-state index in [9.17, 15) is 28.8 Å². The fourth-order valence-electron chi connectivity index (χ4n) is 5.61. The van der Waals surface area contributed by atoms with Crippen LogP contribution in [0.3, 0.4) is 0 Å². The van der Waals surface area contributed by atoms with Crippen molar-refractivity contribution in [1.29, 1.82) is 0 Å². The molecular weight excluding hydrogens is 632 g/mol. The maximum Gasteiger partial charge on any atom is 0.253 e. The molecule has 0 saturated carbocycles. The summed E-state index contributed by atoms with van der Waals surface area (Å²) in [6.45, 7) is 3.39. The van der Waals surface area contributed by atoms with Gasteiger partial charge in [0, 0.05) is 19.0 Å². The number of nitrogens with one attached hydrogen (secondary N) is 5. The third-order valence-electron chi connectivity index (χ3n) is 8.11. The van der Waals surface area contributed by atoms with Crippen LogP contribution in [-0.4, -0.2) is 89.1 Å². The average molecular weight is 677 g/mol. The summed E-state index contributed by atoms with van der Waals surface area (Å²) in [4.78, 5) is 82.7. The van der Waals surface area contributed by atoms with Crippen LogP contribution in [0.2, 0.25) is 0 Å². The SMILES string of the molecule is CSCC[C@H]1NC(=O)[C@H](CC(C)C)N2C=CC(NC(=O)[C@H](Cc3ccccc3)NC(=O)[C@@H](Cc3ccccc3)NC(=O)CNC1=O)C2=O. The van der Waals surface area contributed by atoms with Crippen LogP contribution < -0.4 is 26.6 Å². The predicted molar refractivity (Wildman–Crippen MR) is 183 cm³/mol. The highest BCUT2D eigenvalue weighted by atomic mass is 32.2. The highest BCUT2D eigenvalue weighted by Gasteiger charge is 2.39. The standard InChI is InChI=1S/C35H44N6O6S/c1-22(2)18-29-34(46)38-25(15-17-48-3)31(43)36-21-30(42)37-27(19-23-10-6-4-7-11-23)32(44)40-28(20-24-12-8-5-9-13-24)33(45)39-26-14-16-41(29)35(26)47/h4-14,16,22,25-29H,15,17-21H2,1-3H3,(H,36,43)(H,37,42)(H,38,46)(H,39,45)(H,40,44)/t25-,26?,27-,28+,29+/m1/s1. The largest absolute Gasteiger partial charge is 0.345 e. The van der Waals surface area contributed by atoms with Crippen LogP contribution in [0.5, 0.6) is 0 Å². The molecule has 6 amide bonds. The lowest BCUT2D eigenvalue weighted by Gasteiger charge is -2.30. The molecule has 13 heteroatoms. The van der Waals surface area contributed by atoms with Gasteiger partial charge in [-0.15, -0.1) is 0 Å². The Bertz CT molecular complexity index is 1490. The van der Waals surface area contributed by atoms with Crippen LogP contribution in [0, 0.1) is 5.92 Å². The second-order valence-electron chi connectivity index (χ2n) is 12.3. The summed E-state index contributed by atoms with van der Waals surface area (Å²) in [6.07, 6.45) is 5.69. The monoisotopic (exact) mass is 676 g/mol. The number of rotatable bonds is 9. The van der Waals surface area contributed by atoms with Gasteiger partial charge in [-0.2, -0.15) is 11.8 Å². The summed E-state index contributed by atoms with van der Waals surface area (Å²) >= 11 is 1.50. The molecule has 2 aromatic rings. The second-order valence-corrected chi connectivity index (χ2v) is 13.3. The Balaban J connectivity index is 1.68. The first kappa shape index (κ1) is 36.2. The third-order valence-corrected chi connectivity index (χ3v) is 8.75. The van der Waals surface area contributed by atoms with Gasteiger partial charge in [0.15, 0.2) is 0 Å². The van der Waals surface area contributed by atoms with E-state index < -0.39 is 72.2 Å². The van der Waals surface area contributed by atoms with Gasteiger partial charge in [-0.3, -0.25) is 28.8 Å². The van der Waals surface area contributed by atoms with Crippen molar-refractivity contribution < 1.29 is 28.8 Å². The number of carbonyl (C=O) groups is 6. The zero-order chi connectivity index (χ0) is 34.6. The lowest BCUT2D eigenvalue weighted by atomic mass is 10.0. The average Bonchev–Trinajstić information content (AvgIpc) is 3.42. The Labute approximate surface area is 285 Å². The first-order valence-corrected chi connectivity index (χ1v) is 17.5. The van der Waals surface area contributed by atoms with Gasteiger partial charge in [0.25, 0.3) is 5.91 Å². The molecule has 0 aliphatic carbocycles. The van der Waals surface area contributed by atoms with Gasteiger partial charge in [-0.1, -0.05) is 74.5 Å². The molecule has 1 saturated heterocycles. The van der Waals surface area contributed by atoms with E-state index in [0.29, 0.717) is 18.6 Å². The van der Waals surface area contributed by atoms with Crippen LogP contribution in [0.4, 0.5) is 0 Å². The normalized spacial score (nSPS) is 24.2. The molecule has 12 nitrogen and oxygen atoms in total. The molecule has 5 atom stereocenters. The summed E-state index contributed by atoms with van der Waals surface area (Å²) in [6, 6.07) is 13.0. The quantitative estimate of drug-likeness (QED) is 0.265. The molecule has 1 fully saturated rings. The van der Waals surface area contributed by atoms with Gasteiger partial charge < -0.3 is 31.5 Å². The molecule has 4 rings (SSSR count). The van der Waals surface area contributed by atoms with Crippen molar-refractivity contribution in [1.82, 2.24) is 31.5 Å². The van der Waals surface area contributed by atoms with E-state index in [4.69, 9.17) is 0 Å². The van der Waals surface area contributed by atoms with Gasteiger partial charge in [0.2, 0.25) is 29.5 Å². The Hall–Kier alpha value is -4.65. The lowest BCUT2D eigenvalue weighted by Crippen LogP contribution is -2.59. The summed E-state index contributed by atoms with van der Waals surface area (Å²) in [5.74, 6) is -2.82. The first-order chi connectivity index (χ1) is 23.0. The number of nitrogens with zero attached hydrogens (tertiary/aromatic N) is 1. The molecule has 2 bridgehead atoms. The molecule has 5 N–H and O–H groups in total. The van der Waals surface area contributed by atoms with Crippen molar-refractivity contribution in [3.63, 3.8) is 0 Å². The topological polar surface area (TPSA) is 166 Å². The second kappa shape index (κ2) is 17.5. The molecule has 0 spiro atoms. The summed E-state index contributed by atoms with van der Waals surface area (Å²) in [5, 5.41) is 13.6. The Morgan fingerprint density at radius 3 is 1.88 bits per heavy atom. The van der Waals surface area contributed by atoms with Crippen molar-refractivity contribution in [3.8, 4) is 0 Å². The molecule has 0 aromatic heterocycles. The van der Waals surface area contributed by atoms with Crippen LogP contribution in [0.25, 0.3) is 0 Å². The minimum atomic E-state index is -1.10. The molecule has 2 aromatic carbocycles. The van der Waals surface area contributed by atoms with Crippen LogP contribution in [0.1, 0.15) is 37.8 Å². The molecule has 256 valence electrons. The number of thioether (sulfide) groups is 1. The maximum atomic E-state index is 13.8. The van der Waals surface area contributed by atoms with E-state index in [1.54, 1.807) is 0 Å². The fraction of sp³-hybridized carbons (Fsp3) is 0.429. The number of benzene rings is 2. The molecule has 48 heavy (non-hydrogen) atoms. The minimum Gasteiger partial charge on any atom is -0.345 e. The van der Waals surface area contributed by atoms with Crippen molar-refractivity contribution in [2.75, 3.05) is 18.6 Å². The van der Waals surface area contributed by atoms with E-state index in [1.807, 2.05) is 80.8 Å². The Morgan fingerprint density at radius 2 is 1.29 bits per heavy atom. The van der Waals surface area contributed by atoms with Crippen molar-refractivity contribution >= 4 is 47.2 Å². The molecular formula is C35H44N6O6S. The van der Waals surface area contributed by atoms with Crippen molar-refractivity contribution in [2.45, 2.75) is 69.7 Å². The van der Waals surface area contributed by atoms with E-state index in [0.717, 1.165) is 11.1 Å². The number of carbonyl (C=O) groups excluding carboxylic acids is 6. The molecule has 2 aliphatic heterocycles.